The van der Waals surface area contributed by atoms with Gasteiger partial charge in [-0.25, -0.2) is 0 Å². The first-order valence-electron chi connectivity index (χ1n) is 8.99. The van der Waals surface area contributed by atoms with E-state index in [2.05, 4.69) is 46.6 Å². The molecule has 6 heteroatoms. The van der Waals surface area contributed by atoms with Gasteiger partial charge in [0.25, 0.3) is 5.91 Å². The highest BCUT2D eigenvalue weighted by Crippen LogP contribution is 2.29. The van der Waals surface area contributed by atoms with Gasteiger partial charge in [-0.15, -0.1) is 11.3 Å². The van der Waals surface area contributed by atoms with Crippen LogP contribution in [0.2, 0.25) is 0 Å². The zero-order valence-electron chi connectivity index (χ0n) is 15.6. The van der Waals surface area contributed by atoms with Crippen molar-refractivity contribution in [2.45, 2.75) is 19.0 Å². The van der Waals surface area contributed by atoms with Crippen LogP contribution in [0.25, 0.3) is 0 Å². The van der Waals surface area contributed by atoms with E-state index in [4.69, 9.17) is 4.74 Å². The van der Waals surface area contributed by atoms with Gasteiger partial charge in [-0.05, 0) is 43.6 Å². The van der Waals surface area contributed by atoms with Gasteiger partial charge >= 0.3 is 0 Å². The van der Waals surface area contributed by atoms with Crippen LogP contribution in [-0.2, 0) is 0 Å². The van der Waals surface area contributed by atoms with Gasteiger partial charge in [0, 0.05) is 42.7 Å². The Morgan fingerprint density at radius 2 is 1.96 bits per heavy atom. The Bertz CT molecular complexity index is 712. The minimum atomic E-state index is -0.0629. The number of carbonyl (C=O) groups is 1. The number of thiophene rings is 1. The fraction of sp³-hybridized carbons (Fsp3) is 0.450. The van der Waals surface area contributed by atoms with Crippen LogP contribution in [0.15, 0.2) is 41.8 Å². The molecule has 5 nitrogen and oxygen atoms in total. The Kier molecular flexibility index (Phi) is 6.29. The van der Waals surface area contributed by atoms with E-state index in [0.717, 1.165) is 26.2 Å². The van der Waals surface area contributed by atoms with Crippen molar-refractivity contribution < 1.29 is 9.53 Å². The second kappa shape index (κ2) is 8.66. The molecular formula is C20H27N3O2S. The van der Waals surface area contributed by atoms with E-state index in [1.807, 2.05) is 18.2 Å². The Labute approximate surface area is 159 Å². The maximum Gasteiger partial charge on any atom is 0.251 e. The third kappa shape index (κ3) is 4.44. The molecule has 1 N–H and O–H groups in total. The first-order valence-corrected chi connectivity index (χ1v) is 9.87. The Balaban J connectivity index is 1.74. The summed E-state index contributed by atoms with van der Waals surface area (Å²) < 4.78 is 5.23. The van der Waals surface area contributed by atoms with Gasteiger partial charge in [0.15, 0.2) is 0 Å². The highest BCUT2D eigenvalue weighted by Gasteiger charge is 2.30. The van der Waals surface area contributed by atoms with E-state index in [1.54, 1.807) is 24.5 Å². The summed E-state index contributed by atoms with van der Waals surface area (Å²) in [6.07, 6.45) is 0. The summed E-state index contributed by atoms with van der Waals surface area (Å²) in [6, 6.07) is 11.7. The fourth-order valence-electron chi connectivity index (χ4n) is 3.44. The molecule has 0 bridgehead atoms. The standard InChI is InChI=1S/C20H27N3O2S/c1-15(21-20(24)16-6-4-7-17(14-16)25-3)19(18-8-5-13-26-18)23-11-9-22(2)10-12-23/h4-8,13-15,19H,9-12H2,1-3H3,(H,21,24)/t15-,19-/m0/s1. The molecule has 2 heterocycles. The monoisotopic (exact) mass is 373 g/mol. The lowest BCUT2D eigenvalue weighted by atomic mass is 10.0. The largest absolute Gasteiger partial charge is 0.497 e. The summed E-state index contributed by atoms with van der Waals surface area (Å²) in [5, 5.41) is 5.31. The van der Waals surface area contributed by atoms with Crippen molar-refractivity contribution in [1.29, 1.82) is 0 Å². The van der Waals surface area contributed by atoms with Crippen LogP contribution in [-0.4, -0.2) is 62.1 Å². The average Bonchev–Trinajstić information content (AvgIpc) is 3.17. The molecular weight excluding hydrogens is 346 g/mol. The molecule has 0 aliphatic carbocycles. The van der Waals surface area contributed by atoms with Crippen LogP contribution >= 0.6 is 11.3 Å². The summed E-state index contributed by atoms with van der Waals surface area (Å²) in [4.78, 5) is 18.9. The quantitative estimate of drug-likeness (QED) is 0.846. The number of likely N-dealkylation sites (N-methyl/N-ethyl adjacent to an activating group) is 1. The summed E-state index contributed by atoms with van der Waals surface area (Å²) in [5.74, 6) is 0.631. The molecule has 3 rings (SSSR count). The number of carbonyl (C=O) groups excluding carboxylic acids is 1. The number of nitrogens with one attached hydrogen (secondary N) is 1. The first-order chi connectivity index (χ1) is 12.6. The molecule has 1 aliphatic heterocycles. The predicted octanol–water partition coefficient (Wildman–Crippen LogP) is 2.86. The van der Waals surface area contributed by atoms with Crippen molar-refractivity contribution in [3.05, 3.63) is 52.2 Å². The topological polar surface area (TPSA) is 44.8 Å². The van der Waals surface area contributed by atoms with Crippen LogP contribution in [0, 0.1) is 0 Å². The van der Waals surface area contributed by atoms with Gasteiger partial charge in [0.05, 0.1) is 13.2 Å². The molecule has 2 atom stereocenters. The summed E-state index contributed by atoms with van der Waals surface area (Å²) in [7, 11) is 3.77. The Morgan fingerprint density at radius 1 is 1.19 bits per heavy atom. The lowest BCUT2D eigenvalue weighted by Gasteiger charge is -2.40. The van der Waals surface area contributed by atoms with Gasteiger partial charge in [0.2, 0.25) is 0 Å². The zero-order chi connectivity index (χ0) is 18.5. The van der Waals surface area contributed by atoms with Crippen molar-refractivity contribution in [2.24, 2.45) is 0 Å². The van der Waals surface area contributed by atoms with Crippen LogP contribution in [0.4, 0.5) is 0 Å². The molecule has 140 valence electrons. The van der Waals surface area contributed by atoms with Crippen LogP contribution in [0.5, 0.6) is 5.75 Å². The highest BCUT2D eigenvalue weighted by molar-refractivity contribution is 7.10. The van der Waals surface area contributed by atoms with Crippen molar-refractivity contribution in [3.63, 3.8) is 0 Å². The molecule has 1 aromatic heterocycles. The smallest absolute Gasteiger partial charge is 0.251 e. The van der Waals surface area contributed by atoms with Crippen LogP contribution < -0.4 is 10.1 Å². The predicted molar refractivity (Wildman–Crippen MR) is 106 cm³/mol. The molecule has 26 heavy (non-hydrogen) atoms. The summed E-state index contributed by atoms with van der Waals surface area (Å²) >= 11 is 1.76. The molecule has 0 radical (unpaired) electrons. The van der Waals surface area contributed by atoms with E-state index in [9.17, 15) is 4.79 Å². The zero-order valence-corrected chi connectivity index (χ0v) is 16.5. The van der Waals surface area contributed by atoms with Gasteiger partial charge in [-0.3, -0.25) is 9.69 Å². The van der Waals surface area contributed by atoms with E-state index in [0.29, 0.717) is 11.3 Å². The van der Waals surface area contributed by atoms with Crippen LogP contribution in [0.3, 0.4) is 0 Å². The number of hydrogen-bond donors (Lipinski definition) is 1. The number of ether oxygens (including phenoxy) is 1. The van der Waals surface area contributed by atoms with Crippen molar-refractivity contribution in [3.8, 4) is 5.75 Å². The SMILES string of the molecule is COc1cccc(C(=O)N[C@@H](C)[C@@H](c2cccs2)N2CCN(C)CC2)c1. The average molecular weight is 374 g/mol. The molecule has 0 saturated carbocycles. The van der Waals surface area contributed by atoms with E-state index in [1.165, 1.54) is 4.88 Å². The number of piperazine rings is 1. The Morgan fingerprint density at radius 3 is 2.62 bits per heavy atom. The minimum Gasteiger partial charge on any atom is -0.497 e. The Hall–Kier alpha value is -1.89. The minimum absolute atomic E-state index is 0.00996. The molecule has 1 aliphatic rings. The lowest BCUT2D eigenvalue weighted by molar-refractivity contribution is 0.0799. The third-order valence-electron chi connectivity index (χ3n) is 4.93. The number of benzene rings is 1. The number of amides is 1. The second-order valence-electron chi connectivity index (χ2n) is 6.79. The van der Waals surface area contributed by atoms with E-state index >= 15 is 0 Å². The maximum atomic E-state index is 12.7. The van der Waals surface area contributed by atoms with E-state index < -0.39 is 0 Å². The molecule has 0 unspecified atom stereocenters. The van der Waals surface area contributed by atoms with Crippen molar-refractivity contribution in [2.75, 3.05) is 40.3 Å². The normalized spacial score (nSPS) is 18.3. The van der Waals surface area contributed by atoms with Crippen molar-refractivity contribution in [1.82, 2.24) is 15.1 Å². The molecule has 1 saturated heterocycles. The second-order valence-corrected chi connectivity index (χ2v) is 7.77. The van der Waals surface area contributed by atoms with Gasteiger partial charge in [-0.1, -0.05) is 12.1 Å². The first kappa shape index (κ1) is 18.9. The van der Waals surface area contributed by atoms with Gasteiger partial charge in [0.1, 0.15) is 5.75 Å². The number of rotatable bonds is 6. The van der Waals surface area contributed by atoms with E-state index in [-0.39, 0.29) is 18.0 Å². The van der Waals surface area contributed by atoms with Crippen LogP contribution in [0.1, 0.15) is 28.2 Å². The molecule has 0 spiro atoms. The number of nitrogens with zero attached hydrogens (tertiary/aromatic N) is 2. The number of hydrogen-bond acceptors (Lipinski definition) is 5. The summed E-state index contributed by atoms with van der Waals surface area (Å²) in [5.41, 5.74) is 0.625. The maximum absolute atomic E-state index is 12.7. The molecule has 1 amide bonds. The number of methoxy groups -OCH3 is 1. The molecule has 1 aromatic carbocycles. The van der Waals surface area contributed by atoms with Gasteiger partial charge < -0.3 is 15.0 Å². The fourth-order valence-corrected chi connectivity index (χ4v) is 4.40. The summed E-state index contributed by atoms with van der Waals surface area (Å²) in [6.45, 7) is 6.23. The molecule has 1 fully saturated rings. The third-order valence-corrected chi connectivity index (χ3v) is 5.87. The lowest BCUT2D eigenvalue weighted by Crippen LogP contribution is -2.51. The molecule has 2 aromatic rings. The van der Waals surface area contributed by atoms with Crippen molar-refractivity contribution >= 4 is 17.2 Å². The van der Waals surface area contributed by atoms with Gasteiger partial charge in [-0.2, -0.15) is 0 Å². The highest BCUT2D eigenvalue weighted by atomic mass is 32.1.